The van der Waals surface area contributed by atoms with Crippen molar-refractivity contribution in [3.05, 3.63) is 109 Å². The predicted octanol–water partition coefficient (Wildman–Crippen LogP) is 5.08. The van der Waals surface area contributed by atoms with E-state index >= 15 is 0 Å². The number of hydrogen-bond acceptors (Lipinski definition) is 4. The highest BCUT2D eigenvalue weighted by Crippen LogP contribution is 2.27. The van der Waals surface area contributed by atoms with Gasteiger partial charge in [0.05, 0.1) is 11.4 Å². The van der Waals surface area contributed by atoms with Crippen molar-refractivity contribution in [1.82, 2.24) is 29.4 Å². The topological polar surface area (TPSA) is 60.6 Å². The fraction of sp³-hybridized carbons (Fsp3) is 0.0741. The van der Waals surface area contributed by atoms with Crippen molar-refractivity contribution in [3.63, 3.8) is 0 Å². The Morgan fingerprint density at radius 3 is 2.64 bits per heavy atom. The van der Waals surface area contributed by atoms with Gasteiger partial charge in [-0.25, -0.2) is 9.97 Å². The molecule has 0 spiro atoms. The molecule has 5 aromatic rings. The first-order valence-corrected chi connectivity index (χ1v) is 10.9. The fourth-order valence-electron chi connectivity index (χ4n) is 4.17. The zero-order valence-corrected chi connectivity index (χ0v) is 18.2. The normalized spacial score (nSPS) is 13.2. The maximum absolute atomic E-state index is 5.01. The van der Waals surface area contributed by atoms with Gasteiger partial charge < -0.3 is 9.88 Å². The van der Waals surface area contributed by atoms with Gasteiger partial charge in [-0.2, -0.15) is 0 Å². The van der Waals surface area contributed by atoms with Crippen LogP contribution in [0.5, 0.6) is 0 Å². The molecule has 0 saturated heterocycles. The van der Waals surface area contributed by atoms with Crippen LogP contribution in [-0.2, 0) is 0 Å². The molecule has 0 fully saturated rings. The molecule has 0 amide bonds. The molecule has 1 aromatic carbocycles. The summed E-state index contributed by atoms with van der Waals surface area (Å²) in [6, 6.07) is 18.7. The number of benzene rings is 1. The van der Waals surface area contributed by atoms with Crippen molar-refractivity contribution >= 4 is 16.7 Å². The van der Waals surface area contributed by atoms with Gasteiger partial charge in [-0.15, -0.1) is 0 Å². The van der Waals surface area contributed by atoms with E-state index in [4.69, 9.17) is 4.98 Å². The Hall–Kier alpha value is -4.45. The Balaban J connectivity index is 1.45. The fourth-order valence-corrected chi connectivity index (χ4v) is 4.17. The van der Waals surface area contributed by atoms with E-state index in [2.05, 4.69) is 97.5 Å². The minimum absolute atomic E-state index is 0.802. The van der Waals surface area contributed by atoms with E-state index < -0.39 is 0 Å². The first kappa shape index (κ1) is 19.3. The first-order valence-electron chi connectivity index (χ1n) is 10.9. The highest BCUT2D eigenvalue weighted by Gasteiger charge is 2.16. The number of dihydropyridines is 1. The molecular weight excluding hydrogens is 408 g/mol. The van der Waals surface area contributed by atoms with Crippen LogP contribution >= 0.6 is 0 Å². The molecule has 6 heteroatoms. The average Bonchev–Trinajstić information content (AvgIpc) is 3.50. The molecule has 0 radical (unpaired) electrons. The number of nitrogens with one attached hydrogen (secondary N) is 1. The van der Waals surface area contributed by atoms with Crippen molar-refractivity contribution < 1.29 is 0 Å². The predicted molar refractivity (Wildman–Crippen MR) is 131 cm³/mol. The van der Waals surface area contributed by atoms with Gasteiger partial charge in [-0.1, -0.05) is 12.2 Å². The molecule has 0 atom stereocenters. The van der Waals surface area contributed by atoms with Gasteiger partial charge in [-0.05, 0) is 67.6 Å². The molecule has 5 heterocycles. The van der Waals surface area contributed by atoms with Crippen LogP contribution in [0.1, 0.15) is 11.4 Å². The summed E-state index contributed by atoms with van der Waals surface area (Å²) in [6.07, 6.45) is 14.0. The molecule has 6 nitrogen and oxygen atoms in total. The standard InChI is InChI=1S/C27H22N6/c1-19-17-23(11-15-28-19)33-18-25(24-6-2-3-13-29-24)31-27(33)21-7-9-22(10-8-21)32-16-12-20-5-4-14-30-26(20)32/h2-12,14-18,29H,13H2,1H3. The van der Waals surface area contributed by atoms with Gasteiger partial charge in [0.1, 0.15) is 17.2 Å². The van der Waals surface area contributed by atoms with Crippen LogP contribution in [0.4, 0.5) is 0 Å². The zero-order chi connectivity index (χ0) is 22.2. The Kier molecular flexibility index (Phi) is 4.61. The monoisotopic (exact) mass is 430 g/mol. The number of imidazole rings is 1. The largest absolute Gasteiger partial charge is 0.380 e. The maximum Gasteiger partial charge on any atom is 0.145 e. The van der Waals surface area contributed by atoms with E-state index in [1.54, 1.807) is 0 Å². The Morgan fingerprint density at radius 1 is 0.909 bits per heavy atom. The molecule has 33 heavy (non-hydrogen) atoms. The number of nitrogens with zero attached hydrogens (tertiary/aromatic N) is 5. The number of rotatable bonds is 4. The summed E-state index contributed by atoms with van der Waals surface area (Å²) in [5.74, 6) is 0.884. The maximum atomic E-state index is 5.01. The van der Waals surface area contributed by atoms with Crippen molar-refractivity contribution in [3.8, 4) is 22.8 Å². The summed E-state index contributed by atoms with van der Waals surface area (Å²) in [5, 5.41) is 4.53. The van der Waals surface area contributed by atoms with Gasteiger partial charge in [-0.3, -0.25) is 9.55 Å². The number of fused-ring (bicyclic) bond motifs is 1. The Morgan fingerprint density at radius 2 is 1.82 bits per heavy atom. The van der Waals surface area contributed by atoms with Gasteiger partial charge in [0.25, 0.3) is 0 Å². The zero-order valence-electron chi connectivity index (χ0n) is 18.2. The second-order valence-electron chi connectivity index (χ2n) is 8.01. The van der Waals surface area contributed by atoms with Crippen LogP contribution in [0.3, 0.4) is 0 Å². The average molecular weight is 431 g/mol. The van der Waals surface area contributed by atoms with E-state index in [1.165, 1.54) is 0 Å². The second kappa shape index (κ2) is 7.91. The molecule has 0 bridgehead atoms. The third-order valence-electron chi connectivity index (χ3n) is 5.80. The summed E-state index contributed by atoms with van der Waals surface area (Å²) in [5.41, 5.74) is 6.98. The van der Waals surface area contributed by atoms with Crippen LogP contribution in [0.15, 0.2) is 97.6 Å². The molecule has 1 aliphatic rings. The van der Waals surface area contributed by atoms with Crippen LogP contribution in [0, 0.1) is 6.92 Å². The van der Waals surface area contributed by atoms with Gasteiger partial charge in [0, 0.05) is 53.7 Å². The SMILES string of the molecule is Cc1cc(-n2cc(C3=CC=CCN3)nc2-c2ccc(-n3ccc4cccnc43)cc2)ccn1. The van der Waals surface area contributed by atoms with Crippen LogP contribution in [0.25, 0.3) is 39.5 Å². The quantitative estimate of drug-likeness (QED) is 0.432. The summed E-state index contributed by atoms with van der Waals surface area (Å²) >= 11 is 0. The smallest absolute Gasteiger partial charge is 0.145 e. The van der Waals surface area contributed by atoms with Gasteiger partial charge in [0.15, 0.2) is 0 Å². The highest BCUT2D eigenvalue weighted by molar-refractivity contribution is 5.78. The molecule has 0 saturated carbocycles. The van der Waals surface area contributed by atoms with Crippen LogP contribution < -0.4 is 5.32 Å². The number of hydrogen-bond donors (Lipinski definition) is 1. The lowest BCUT2D eigenvalue weighted by Crippen LogP contribution is -2.14. The number of allylic oxidation sites excluding steroid dienone is 2. The van der Waals surface area contributed by atoms with E-state index in [-0.39, 0.29) is 0 Å². The van der Waals surface area contributed by atoms with Crippen molar-refractivity contribution in [1.29, 1.82) is 0 Å². The molecule has 160 valence electrons. The lowest BCUT2D eigenvalue weighted by Gasteiger charge is -2.10. The molecule has 0 aliphatic carbocycles. The summed E-state index contributed by atoms with van der Waals surface area (Å²) in [4.78, 5) is 13.9. The molecule has 1 aliphatic heterocycles. The third kappa shape index (κ3) is 3.51. The highest BCUT2D eigenvalue weighted by atomic mass is 15.1. The molecule has 0 unspecified atom stereocenters. The molecule has 6 rings (SSSR count). The van der Waals surface area contributed by atoms with Gasteiger partial charge in [0.2, 0.25) is 0 Å². The second-order valence-corrected chi connectivity index (χ2v) is 8.01. The van der Waals surface area contributed by atoms with Crippen molar-refractivity contribution in [2.24, 2.45) is 0 Å². The summed E-state index contributed by atoms with van der Waals surface area (Å²) in [7, 11) is 0. The van der Waals surface area contributed by atoms with Crippen molar-refractivity contribution in [2.75, 3.05) is 6.54 Å². The molecular formula is C27H22N6. The lowest BCUT2D eigenvalue weighted by molar-refractivity contribution is 0.985. The third-order valence-corrected chi connectivity index (χ3v) is 5.80. The first-order chi connectivity index (χ1) is 16.3. The van der Waals surface area contributed by atoms with Crippen LogP contribution in [0.2, 0.25) is 0 Å². The van der Waals surface area contributed by atoms with Crippen LogP contribution in [-0.4, -0.2) is 30.6 Å². The van der Waals surface area contributed by atoms with Crippen molar-refractivity contribution in [2.45, 2.75) is 6.92 Å². The minimum atomic E-state index is 0.802. The van der Waals surface area contributed by atoms with E-state index in [1.807, 2.05) is 31.5 Å². The summed E-state index contributed by atoms with van der Waals surface area (Å²) in [6.45, 7) is 2.80. The minimum Gasteiger partial charge on any atom is -0.380 e. The van der Waals surface area contributed by atoms with E-state index in [0.29, 0.717) is 0 Å². The number of pyridine rings is 2. The van der Waals surface area contributed by atoms with E-state index in [0.717, 1.165) is 57.4 Å². The van der Waals surface area contributed by atoms with Gasteiger partial charge >= 0.3 is 0 Å². The van der Waals surface area contributed by atoms with E-state index in [9.17, 15) is 0 Å². The Bertz CT molecular complexity index is 1520. The molecule has 1 N–H and O–H groups in total. The Labute approximate surface area is 191 Å². The number of aromatic nitrogens is 5. The lowest BCUT2D eigenvalue weighted by atomic mass is 10.2. The molecule has 4 aromatic heterocycles. The summed E-state index contributed by atoms with van der Waals surface area (Å²) < 4.78 is 4.23. The number of aryl methyl sites for hydroxylation is 1.